The van der Waals surface area contributed by atoms with Crippen LogP contribution in [-0.4, -0.2) is 38.3 Å². The van der Waals surface area contributed by atoms with Crippen molar-refractivity contribution in [3.8, 4) is 11.5 Å². The van der Waals surface area contributed by atoms with Crippen molar-refractivity contribution >= 4 is 0 Å². The van der Waals surface area contributed by atoms with E-state index in [1.54, 1.807) is 14.2 Å². The van der Waals surface area contributed by atoms with Crippen LogP contribution in [-0.2, 0) is 6.54 Å². The van der Waals surface area contributed by atoms with Crippen LogP contribution < -0.4 is 15.2 Å². The van der Waals surface area contributed by atoms with Gasteiger partial charge in [-0.3, -0.25) is 4.90 Å². The summed E-state index contributed by atoms with van der Waals surface area (Å²) in [6.07, 6.45) is 0. The minimum absolute atomic E-state index is 0.280. The lowest BCUT2D eigenvalue weighted by Crippen LogP contribution is -2.32. The minimum Gasteiger partial charge on any atom is -0.497 e. The maximum atomic E-state index is 6.25. The van der Waals surface area contributed by atoms with E-state index in [4.69, 9.17) is 15.2 Å². The fourth-order valence-corrected chi connectivity index (χ4v) is 2.99. The molecule has 4 nitrogen and oxygen atoms in total. The van der Waals surface area contributed by atoms with Gasteiger partial charge in [0.15, 0.2) is 0 Å². The number of benzene rings is 1. The summed E-state index contributed by atoms with van der Waals surface area (Å²) in [5.74, 6) is 2.89. The Hall–Kier alpha value is -1.26. The second kappa shape index (κ2) is 6.46. The summed E-state index contributed by atoms with van der Waals surface area (Å²) in [7, 11) is 3.36. The normalized spacial score (nSPS) is 23.3. The summed E-state index contributed by atoms with van der Waals surface area (Å²) in [6.45, 7) is 7.43. The predicted octanol–water partition coefficient (Wildman–Crippen LogP) is 2.12. The van der Waals surface area contributed by atoms with Gasteiger partial charge in [0.2, 0.25) is 0 Å². The minimum atomic E-state index is 0.280. The predicted molar refractivity (Wildman–Crippen MR) is 81.1 cm³/mol. The first kappa shape index (κ1) is 15.1. The fraction of sp³-hybridized carbons (Fsp3) is 0.625. The second-order valence-electron chi connectivity index (χ2n) is 5.99. The van der Waals surface area contributed by atoms with Crippen LogP contribution in [0, 0.1) is 11.8 Å². The average molecular weight is 278 g/mol. The molecule has 112 valence electrons. The SMILES string of the molecule is COc1cc(CN2C[C@@H](N)[C@H](C(C)C)C2)cc(OC)c1. The molecule has 1 aliphatic heterocycles. The number of ether oxygens (including phenoxy) is 2. The van der Waals surface area contributed by atoms with Crippen LogP contribution >= 0.6 is 0 Å². The fourth-order valence-electron chi connectivity index (χ4n) is 2.99. The highest BCUT2D eigenvalue weighted by atomic mass is 16.5. The summed E-state index contributed by atoms with van der Waals surface area (Å²) >= 11 is 0. The van der Waals surface area contributed by atoms with Gasteiger partial charge in [-0.05, 0) is 29.5 Å². The van der Waals surface area contributed by atoms with E-state index in [-0.39, 0.29) is 6.04 Å². The quantitative estimate of drug-likeness (QED) is 0.896. The number of methoxy groups -OCH3 is 2. The van der Waals surface area contributed by atoms with Gasteiger partial charge < -0.3 is 15.2 Å². The van der Waals surface area contributed by atoms with Crippen molar-refractivity contribution in [2.24, 2.45) is 17.6 Å². The van der Waals surface area contributed by atoms with Crippen molar-refractivity contribution < 1.29 is 9.47 Å². The molecule has 0 bridgehead atoms. The van der Waals surface area contributed by atoms with Gasteiger partial charge >= 0.3 is 0 Å². The lowest BCUT2D eigenvalue weighted by atomic mass is 9.92. The number of hydrogen-bond donors (Lipinski definition) is 1. The van der Waals surface area contributed by atoms with E-state index in [9.17, 15) is 0 Å². The van der Waals surface area contributed by atoms with Crippen LogP contribution in [0.1, 0.15) is 19.4 Å². The smallest absolute Gasteiger partial charge is 0.122 e. The lowest BCUT2D eigenvalue weighted by molar-refractivity contribution is 0.295. The molecule has 0 radical (unpaired) electrons. The van der Waals surface area contributed by atoms with Crippen LogP contribution in [0.3, 0.4) is 0 Å². The Balaban J connectivity index is 2.07. The second-order valence-corrected chi connectivity index (χ2v) is 5.99. The first-order valence-corrected chi connectivity index (χ1v) is 7.23. The van der Waals surface area contributed by atoms with Crippen molar-refractivity contribution in [1.82, 2.24) is 4.90 Å². The number of hydrogen-bond acceptors (Lipinski definition) is 4. The Morgan fingerprint density at radius 3 is 2.20 bits per heavy atom. The van der Waals surface area contributed by atoms with Crippen molar-refractivity contribution in [2.75, 3.05) is 27.3 Å². The summed E-state index contributed by atoms with van der Waals surface area (Å²) < 4.78 is 10.6. The van der Waals surface area contributed by atoms with Gasteiger partial charge in [0.1, 0.15) is 11.5 Å². The molecule has 0 aliphatic carbocycles. The van der Waals surface area contributed by atoms with Crippen LogP contribution in [0.15, 0.2) is 18.2 Å². The van der Waals surface area contributed by atoms with Crippen LogP contribution in [0.5, 0.6) is 11.5 Å². The van der Waals surface area contributed by atoms with Crippen molar-refractivity contribution in [1.29, 1.82) is 0 Å². The maximum Gasteiger partial charge on any atom is 0.122 e. The molecule has 1 saturated heterocycles. The molecule has 4 heteroatoms. The number of nitrogens with two attached hydrogens (primary N) is 1. The molecular formula is C16H26N2O2. The molecule has 0 unspecified atom stereocenters. The zero-order valence-electron chi connectivity index (χ0n) is 12.9. The third-order valence-electron chi connectivity index (χ3n) is 4.16. The molecule has 0 aromatic heterocycles. The number of nitrogens with zero attached hydrogens (tertiary/aromatic N) is 1. The van der Waals surface area contributed by atoms with Gasteiger partial charge in [-0.1, -0.05) is 13.8 Å². The topological polar surface area (TPSA) is 47.7 Å². The van der Waals surface area contributed by atoms with Gasteiger partial charge in [0.25, 0.3) is 0 Å². The molecule has 2 atom stereocenters. The van der Waals surface area contributed by atoms with Crippen LogP contribution in [0.2, 0.25) is 0 Å². The van der Waals surface area contributed by atoms with Crippen molar-refractivity contribution in [3.63, 3.8) is 0 Å². The van der Waals surface area contributed by atoms with E-state index in [0.29, 0.717) is 11.8 Å². The molecule has 2 rings (SSSR count). The molecule has 2 N–H and O–H groups in total. The molecule has 1 fully saturated rings. The summed E-state index contributed by atoms with van der Waals surface area (Å²) in [4.78, 5) is 2.42. The molecule has 1 aromatic rings. The Morgan fingerprint density at radius 2 is 1.75 bits per heavy atom. The molecule has 1 aliphatic rings. The largest absolute Gasteiger partial charge is 0.497 e. The zero-order valence-corrected chi connectivity index (χ0v) is 12.9. The van der Waals surface area contributed by atoms with E-state index in [1.165, 1.54) is 5.56 Å². The van der Waals surface area contributed by atoms with Crippen LogP contribution in [0.4, 0.5) is 0 Å². The number of rotatable bonds is 5. The van der Waals surface area contributed by atoms with Crippen LogP contribution in [0.25, 0.3) is 0 Å². The summed E-state index contributed by atoms with van der Waals surface area (Å²) in [6, 6.07) is 6.31. The monoisotopic (exact) mass is 278 g/mol. The zero-order chi connectivity index (χ0) is 14.7. The average Bonchev–Trinajstić information content (AvgIpc) is 2.79. The molecule has 20 heavy (non-hydrogen) atoms. The third kappa shape index (κ3) is 3.44. The Labute approximate surface area is 121 Å². The molecular weight excluding hydrogens is 252 g/mol. The molecule has 0 amide bonds. The van der Waals surface area contributed by atoms with Gasteiger partial charge in [-0.2, -0.15) is 0 Å². The Kier molecular flexibility index (Phi) is 4.89. The lowest BCUT2D eigenvalue weighted by Gasteiger charge is -2.19. The molecule has 1 aromatic carbocycles. The van der Waals surface area contributed by atoms with E-state index < -0.39 is 0 Å². The summed E-state index contributed by atoms with van der Waals surface area (Å²) in [5, 5.41) is 0. The van der Waals surface area contributed by atoms with Crippen molar-refractivity contribution in [3.05, 3.63) is 23.8 Å². The number of likely N-dealkylation sites (tertiary alicyclic amines) is 1. The maximum absolute atomic E-state index is 6.25. The molecule has 0 spiro atoms. The molecule has 1 heterocycles. The standard InChI is InChI=1S/C16H26N2O2/c1-11(2)15-9-18(10-16(15)17)8-12-5-13(19-3)7-14(6-12)20-4/h5-7,11,15-16H,8-10,17H2,1-4H3/t15-,16+/m0/s1. The van der Waals surface area contributed by atoms with E-state index in [2.05, 4.69) is 30.9 Å². The molecule has 0 saturated carbocycles. The Bertz CT molecular complexity index is 426. The van der Waals surface area contributed by atoms with Gasteiger partial charge in [0, 0.05) is 31.7 Å². The third-order valence-corrected chi connectivity index (χ3v) is 4.16. The van der Waals surface area contributed by atoms with E-state index >= 15 is 0 Å². The van der Waals surface area contributed by atoms with Gasteiger partial charge in [-0.25, -0.2) is 0 Å². The Morgan fingerprint density at radius 1 is 1.15 bits per heavy atom. The van der Waals surface area contributed by atoms with Gasteiger partial charge in [-0.15, -0.1) is 0 Å². The van der Waals surface area contributed by atoms with Crippen molar-refractivity contribution in [2.45, 2.75) is 26.4 Å². The van der Waals surface area contributed by atoms with E-state index in [0.717, 1.165) is 31.1 Å². The highest BCUT2D eigenvalue weighted by molar-refractivity contribution is 5.38. The first-order valence-electron chi connectivity index (χ1n) is 7.23. The van der Waals surface area contributed by atoms with E-state index in [1.807, 2.05) is 6.07 Å². The summed E-state index contributed by atoms with van der Waals surface area (Å²) in [5.41, 5.74) is 7.45. The highest BCUT2D eigenvalue weighted by Crippen LogP contribution is 2.27. The first-order chi connectivity index (χ1) is 9.53. The highest BCUT2D eigenvalue weighted by Gasteiger charge is 2.31. The van der Waals surface area contributed by atoms with Gasteiger partial charge in [0.05, 0.1) is 14.2 Å².